The van der Waals surface area contributed by atoms with Crippen molar-refractivity contribution in [2.75, 3.05) is 18.0 Å². The molecule has 1 aliphatic heterocycles. The lowest BCUT2D eigenvalue weighted by Gasteiger charge is -2.30. The van der Waals surface area contributed by atoms with E-state index in [2.05, 4.69) is 81.9 Å². The standard InChI is InChI=1S/C28H31N5O2/c1-19-9-13-21(14-10-19)25-26(22-15-11-20(2)12-16-22)31-27-23(29-25)7-6-18-33(27)17-5-3-4-8-24-30-28(34)35-32-24/h9-16H,3-8,17-18H2,1-2H3,(H,30,32,34). The van der Waals surface area contributed by atoms with Gasteiger partial charge in [0.1, 0.15) is 0 Å². The number of unbranched alkanes of at least 4 members (excludes halogenated alkanes) is 2. The Labute approximate surface area is 205 Å². The third-order valence-corrected chi connectivity index (χ3v) is 6.52. The van der Waals surface area contributed by atoms with E-state index in [1.165, 1.54) is 11.1 Å². The summed E-state index contributed by atoms with van der Waals surface area (Å²) < 4.78 is 4.63. The Balaban J connectivity index is 1.38. The molecule has 0 aliphatic carbocycles. The van der Waals surface area contributed by atoms with Crippen molar-refractivity contribution >= 4 is 5.82 Å². The Morgan fingerprint density at radius 1 is 0.829 bits per heavy atom. The highest BCUT2D eigenvalue weighted by atomic mass is 16.6. The summed E-state index contributed by atoms with van der Waals surface area (Å²) in [6.07, 6.45) is 5.42. The molecule has 0 atom stereocenters. The highest BCUT2D eigenvalue weighted by Crippen LogP contribution is 2.35. The normalized spacial score (nSPS) is 13.1. The molecule has 35 heavy (non-hydrogen) atoms. The number of fused-ring (bicyclic) bond motifs is 1. The number of hydrogen-bond acceptors (Lipinski definition) is 7. The first-order chi connectivity index (χ1) is 17.1. The van der Waals surface area contributed by atoms with Crippen molar-refractivity contribution in [1.82, 2.24) is 20.1 Å². The van der Waals surface area contributed by atoms with Gasteiger partial charge in [-0.1, -0.05) is 71.2 Å². The fraction of sp³-hybridized carbons (Fsp3) is 0.357. The maximum Gasteiger partial charge on any atom is 0.414 e. The van der Waals surface area contributed by atoms with E-state index in [0.717, 1.165) is 79.2 Å². The fourth-order valence-corrected chi connectivity index (χ4v) is 4.58. The molecule has 1 N–H and O–H groups in total. The molecule has 2 aromatic heterocycles. The lowest BCUT2D eigenvalue weighted by Crippen LogP contribution is -2.32. The van der Waals surface area contributed by atoms with Gasteiger partial charge in [-0.2, -0.15) is 4.98 Å². The Kier molecular flexibility index (Phi) is 6.75. The van der Waals surface area contributed by atoms with Gasteiger partial charge in [-0.15, -0.1) is 0 Å². The lowest BCUT2D eigenvalue weighted by molar-refractivity contribution is 0.266. The monoisotopic (exact) mass is 469 g/mol. The predicted octanol–water partition coefficient (Wildman–Crippen LogP) is 5.68. The molecule has 180 valence electrons. The number of hydrogen-bond donors (Lipinski definition) is 1. The molecule has 0 unspecified atom stereocenters. The maximum absolute atomic E-state index is 9.18. The van der Waals surface area contributed by atoms with E-state index in [-0.39, 0.29) is 6.08 Å². The Morgan fingerprint density at radius 2 is 1.49 bits per heavy atom. The largest absolute Gasteiger partial charge is 0.464 e. The molecule has 0 radical (unpaired) electrons. The maximum atomic E-state index is 9.18. The summed E-state index contributed by atoms with van der Waals surface area (Å²) in [5, 5.41) is 12.9. The van der Waals surface area contributed by atoms with Crippen LogP contribution in [0.2, 0.25) is 0 Å². The van der Waals surface area contributed by atoms with E-state index in [4.69, 9.17) is 9.97 Å². The van der Waals surface area contributed by atoms with E-state index in [1.54, 1.807) is 0 Å². The van der Waals surface area contributed by atoms with Gasteiger partial charge in [-0.3, -0.25) is 4.52 Å². The molecule has 4 aromatic rings. The third-order valence-electron chi connectivity index (χ3n) is 6.52. The summed E-state index contributed by atoms with van der Waals surface area (Å²) in [5.74, 6) is 1.58. The molecule has 7 nitrogen and oxygen atoms in total. The van der Waals surface area contributed by atoms with E-state index in [1.807, 2.05) is 0 Å². The summed E-state index contributed by atoms with van der Waals surface area (Å²) in [6.45, 7) is 6.15. The number of aromatic hydroxyl groups is 1. The Hall–Kier alpha value is -3.74. The molecule has 2 aromatic carbocycles. The Morgan fingerprint density at radius 3 is 2.11 bits per heavy atom. The number of anilines is 1. The average Bonchev–Trinajstić information content (AvgIpc) is 3.29. The van der Waals surface area contributed by atoms with E-state index in [0.29, 0.717) is 12.2 Å². The van der Waals surface area contributed by atoms with Crippen LogP contribution in [0.25, 0.3) is 22.5 Å². The van der Waals surface area contributed by atoms with Gasteiger partial charge in [0.2, 0.25) is 0 Å². The van der Waals surface area contributed by atoms with Gasteiger partial charge in [0, 0.05) is 30.6 Å². The molecule has 0 saturated heterocycles. The van der Waals surface area contributed by atoms with Gasteiger partial charge < -0.3 is 10.0 Å². The topological polar surface area (TPSA) is 88.2 Å². The second kappa shape index (κ2) is 10.3. The lowest BCUT2D eigenvalue weighted by atomic mass is 10.0. The van der Waals surface area contributed by atoms with Crippen LogP contribution in [0.15, 0.2) is 53.1 Å². The van der Waals surface area contributed by atoms with Gasteiger partial charge in [-0.25, -0.2) is 9.97 Å². The van der Waals surface area contributed by atoms with E-state index in [9.17, 15) is 5.11 Å². The number of nitrogens with zero attached hydrogens (tertiary/aromatic N) is 5. The zero-order valence-electron chi connectivity index (χ0n) is 20.4. The molecule has 5 rings (SSSR count). The van der Waals surface area contributed by atoms with Crippen molar-refractivity contribution in [2.45, 2.75) is 52.4 Å². The van der Waals surface area contributed by atoms with Crippen LogP contribution in [0.4, 0.5) is 5.82 Å². The van der Waals surface area contributed by atoms with Gasteiger partial charge >= 0.3 is 6.08 Å². The first-order valence-corrected chi connectivity index (χ1v) is 12.4. The molecule has 0 fully saturated rings. The minimum absolute atomic E-state index is 0.363. The summed E-state index contributed by atoms with van der Waals surface area (Å²) in [7, 11) is 0. The fourth-order valence-electron chi connectivity index (χ4n) is 4.58. The van der Waals surface area contributed by atoms with Crippen molar-refractivity contribution in [1.29, 1.82) is 0 Å². The minimum atomic E-state index is -0.363. The Bertz CT molecular complexity index is 1280. The minimum Gasteiger partial charge on any atom is -0.464 e. The van der Waals surface area contributed by atoms with Crippen LogP contribution in [0.5, 0.6) is 6.08 Å². The van der Waals surface area contributed by atoms with Gasteiger partial charge in [-0.05, 0) is 39.5 Å². The number of benzene rings is 2. The van der Waals surface area contributed by atoms with Crippen molar-refractivity contribution in [3.05, 3.63) is 71.2 Å². The molecule has 0 bridgehead atoms. The van der Waals surface area contributed by atoms with Crippen molar-refractivity contribution in [3.63, 3.8) is 0 Å². The molecular weight excluding hydrogens is 438 g/mol. The zero-order valence-corrected chi connectivity index (χ0v) is 20.4. The van der Waals surface area contributed by atoms with Crippen LogP contribution >= 0.6 is 0 Å². The summed E-state index contributed by atoms with van der Waals surface area (Å²) >= 11 is 0. The number of rotatable bonds is 8. The van der Waals surface area contributed by atoms with Crippen molar-refractivity contribution < 1.29 is 9.63 Å². The average molecular weight is 470 g/mol. The first kappa shape index (κ1) is 23.0. The highest BCUT2D eigenvalue weighted by Gasteiger charge is 2.23. The first-order valence-electron chi connectivity index (χ1n) is 12.4. The molecule has 7 heteroatoms. The van der Waals surface area contributed by atoms with Crippen molar-refractivity contribution in [3.8, 4) is 28.6 Å². The zero-order chi connectivity index (χ0) is 24.2. The van der Waals surface area contributed by atoms with Crippen LogP contribution in [-0.2, 0) is 12.8 Å². The second-order valence-electron chi connectivity index (χ2n) is 9.32. The second-order valence-corrected chi connectivity index (χ2v) is 9.32. The smallest absolute Gasteiger partial charge is 0.414 e. The number of aryl methyl sites for hydroxylation is 4. The number of aromatic nitrogens is 4. The third kappa shape index (κ3) is 5.34. The van der Waals surface area contributed by atoms with Crippen LogP contribution < -0.4 is 4.90 Å². The SMILES string of the molecule is Cc1ccc(-c2nc3c(nc2-c2ccc(C)cc2)N(CCCCCc2noc(O)n2)CCC3)cc1. The van der Waals surface area contributed by atoms with Gasteiger partial charge in [0.05, 0.1) is 17.1 Å². The van der Waals surface area contributed by atoms with E-state index < -0.39 is 0 Å². The van der Waals surface area contributed by atoms with Crippen LogP contribution in [-0.4, -0.2) is 38.3 Å². The van der Waals surface area contributed by atoms with Crippen LogP contribution in [0.1, 0.15) is 48.3 Å². The predicted molar refractivity (Wildman–Crippen MR) is 136 cm³/mol. The molecular formula is C28H31N5O2. The molecule has 0 spiro atoms. The van der Waals surface area contributed by atoms with Crippen LogP contribution in [0.3, 0.4) is 0 Å². The van der Waals surface area contributed by atoms with Crippen molar-refractivity contribution in [2.24, 2.45) is 0 Å². The van der Waals surface area contributed by atoms with Gasteiger partial charge in [0.25, 0.3) is 0 Å². The molecule has 0 saturated carbocycles. The quantitative estimate of drug-likeness (QED) is 0.332. The molecule has 3 heterocycles. The summed E-state index contributed by atoms with van der Waals surface area (Å²) in [5.41, 5.74) is 7.65. The molecule has 1 aliphatic rings. The molecule has 0 amide bonds. The highest BCUT2D eigenvalue weighted by molar-refractivity contribution is 5.79. The van der Waals surface area contributed by atoms with Crippen LogP contribution in [0, 0.1) is 13.8 Å². The summed E-state index contributed by atoms with van der Waals surface area (Å²) in [6, 6.07) is 17.1. The summed E-state index contributed by atoms with van der Waals surface area (Å²) in [4.78, 5) is 16.7. The van der Waals surface area contributed by atoms with Gasteiger partial charge in [0.15, 0.2) is 11.6 Å². The van der Waals surface area contributed by atoms with E-state index >= 15 is 0 Å².